The first-order valence-electron chi connectivity index (χ1n) is 10.6. The van der Waals surface area contributed by atoms with Gasteiger partial charge in [0.2, 0.25) is 0 Å². The van der Waals surface area contributed by atoms with Crippen molar-refractivity contribution in [3.8, 4) is 17.6 Å². The van der Waals surface area contributed by atoms with Crippen LogP contribution in [-0.2, 0) is 12.0 Å². The van der Waals surface area contributed by atoms with Crippen molar-refractivity contribution < 1.29 is 18.3 Å². The van der Waals surface area contributed by atoms with Gasteiger partial charge in [-0.15, -0.1) is 0 Å². The summed E-state index contributed by atoms with van der Waals surface area (Å²) in [5.74, 6) is -2.63. The fourth-order valence-electron chi connectivity index (χ4n) is 3.27. The summed E-state index contributed by atoms with van der Waals surface area (Å²) in [5, 5.41) is 10.3. The quantitative estimate of drug-likeness (QED) is 0.275. The molecule has 0 aliphatic rings. The van der Waals surface area contributed by atoms with Crippen molar-refractivity contribution in [1.29, 1.82) is 5.26 Å². The van der Waals surface area contributed by atoms with Crippen molar-refractivity contribution in [2.24, 2.45) is 5.73 Å². The number of ether oxygens (including phenoxy) is 2. The monoisotopic (exact) mass is 518 g/mol. The lowest BCUT2D eigenvalue weighted by molar-refractivity contribution is -0.0319. The third-order valence-corrected chi connectivity index (χ3v) is 6.29. The minimum Gasteiger partial charge on any atom is -0.487 e. The van der Waals surface area contributed by atoms with Gasteiger partial charge in [-0.1, -0.05) is 49.3 Å². The number of aromatic nitrogens is 2. The first-order valence-corrected chi connectivity index (χ1v) is 12.2. The molecule has 0 bridgehead atoms. The van der Waals surface area contributed by atoms with Crippen molar-refractivity contribution in [2.45, 2.75) is 36.9 Å². The summed E-state index contributed by atoms with van der Waals surface area (Å²) < 4.78 is 38.1. The molecular formula is C25H25ClF2N4O2S. The van der Waals surface area contributed by atoms with Crippen LogP contribution in [0.1, 0.15) is 36.2 Å². The first-order chi connectivity index (χ1) is 16.6. The lowest BCUT2D eigenvalue weighted by Gasteiger charge is -2.27. The van der Waals surface area contributed by atoms with Crippen LogP contribution in [0.2, 0.25) is 5.02 Å². The van der Waals surface area contributed by atoms with Gasteiger partial charge in [0.05, 0.1) is 22.8 Å². The number of benzene rings is 2. The van der Waals surface area contributed by atoms with Crippen LogP contribution in [0.25, 0.3) is 0 Å². The molecule has 6 nitrogen and oxygen atoms in total. The Balaban J connectivity index is 1.78. The maximum absolute atomic E-state index is 13.5. The summed E-state index contributed by atoms with van der Waals surface area (Å²) in [6.07, 6.45) is 3.61. The van der Waals surface area contributed by atoms with E-state index in [9.17, 15) is 14.0 Å². The van der Waals surface area contributed by atoms with Crippen LogP contribution in [0.15, 0.2) is 53.8 Å². The van der Waals surface area contributed by atoms with E-state index >= 15 is 0 Å². The molecular weight excluding hydrogens is 494 g/mol. The highest BCUT2D eigenvalue weighted by atomic mass is 35.5. The molecule has 0 amide bonds. The third-order valence-electron chi connectivity index (χ3n) is 5.45. The molecule has 3 aromatic rings. The molecule has 2 aromatic carbocycles. The molecule has 0 unspecified atom stereocenters. The number of thioether (sulfide) groups is 1. The number of nitriles is 1. The van der Waals surface area contributed by atoms with Crippen LogP contribution in [0.4, 0.5) is 8.78 Å². The van der Waals surface area contributed by atoms with E-state index in [1.54, 1.807) is 24.4 Å². The first kappa shape index (κ1) is 26.7. The number of rotatable bonds is 10. The molecule has 2 N–H and O–H groups in total. The third kappa shape index (κ3) is 6.60. The number of hydrogen-bond donors (Lipinski definition) is 1. The summed E-state index contributed by atoms with van der Waals surface area (Å²) in [7, 11) is 0. The lowest BCUT2D eigenvalue weighted by Crippen LogP contribution is -2.34. The molecule has 3 rings (SSSR count). The topological polar surface area (TPSA) is 94.0 Å². The average molecular weight is 519 g/mol. The second kappa shape index (κ2) is 11.2. The molecule has 0 atom stereocenters. The van der Waals surface area contributed by atoms with Crippen molar-refractivity contribution in [3.63, 3.8) is 0 Å². The van der Waals surface area contributed by atoms with Gasteiger partial charge in [0.15, 0.2) is 17.5 Å². The SMILES string of the molecule is CSc1nccc(COc2ccc(C(C)(C)c3cc(Cl)c(OCC(F)(F)CN)c(C#N)c3)cc2)n1. The standard InChI is InChI=1S/C25H25ClF2N4O2S/c1-24(2,18-10-16(12-29)22(21(26)11-18)34-15-25(27,28)14-30)17-4-6-20(7-5-17)33-13-19-8-9-31-23(32-19)35-3/h4-11H,13-15,30H2,1-3H3. The summed E-state index contributed by atoms with van der Waals surface area (Å²) in [5.41, 5.74) is 7.03. The summed E-state index contributed by atoms with van der Waals surface area (Å²) in [6, 6.07) is 14.6. The molecule has 10 heteroatoms. The second-order valence-corrected chi connectivity index (χ2v) is 9.45. The Morgan fingerprint density at radius 2 is 1.83 bits per heavy atom. The van der Waals surface area contributed by atoms with Gasteiger partial charge in [-0.25, -0.2) is 18.7 Å². The van der Waals surface area contributed by atoms with Crippen molar-refractivity contribution >= 4 is 23.4 Å². The maximum atomic E-state index is 13.5. The highest BCUT2D eigenvalue weighted by Gasteiger charge is 2.30. The van der Waals surface area contributed by atoms with Gasteiger partial charge >= 0.3 is 0 Å². The maximum Gasteiger partial charge on any atom is 0.293 e. The molecule has 1 heterocycles. The average Bonchev–Trinajstić information content (AvgIpc) is 2.86. The second-order valence-electron chi connectivity index (χ2n) is 8.27. The Morgan fingerprint density at radius 3 is 2.46 bits per heavy atom. The molecule has 0 radical (unpaired) electrons. The van der Waals surface area contributed by atoms with Crippen molar-refractivity contribution in [3.05, 3.63) is 76.1 Å². The summed E-state index contributed by atoms with van der Waals surface area (Å²) in [6.45, 7) is 2.43. The van der Waals surface area contributed by atoms with E-state index in [2.05, 4.69) is 9.97 Å². The zero-order valence-corrected chi connectivity index (χ0v) is 21.1. The van der Waals surface area contributed by atoms with Gasteiger partial charge in [0, 0.05) is 11.6 Å². The number of alkyl halides is 2. The fraction of sp³-hybridized carbons (Fsp3) is 0.320. The number of nitrogens with zero attached hydrogens (tertiary/aromatic N) is 3. The highest BCUT2D eigenvalue weighted by molar-refractivity contribution is 7.98. The van der Waals surface area contributed by atoms with E-state index in [0.29, 0.717) is 17.5 Å². The van der Waals surface area contributed by atoms with Crippen molar-refractivity contribution in [2.75, 3.05) is 19.4 Å². The van der Waals surface area contributed by atoms with Crippen LogP contribution in [0.3, 0.4) is 0 Å². The lowest BCUT2D eigenvalue weighted by atomic mass is 9.77. The predicted octanol–water partition coefficient (Wildman–Crippen LogP) is 5.60. The zero-order chi connectivity index (χ0) is 25.6. The molecule has 1 aromatic heterocycles. The molecule has 35 heavy (non-hydrogen) atoms. The Kier molecular flexibility index (Phi) is 8.54. The van der Waals surface area contributed by atoms with Crippen LogP contribution in [0.5, 0.6) is 11.5 Å². The van der Waals surface area contributed by atoms with E-state index in [1.165, 1.54) is 11.8 Å². The summed E-state index contributed by atoms with van der Waals surface area (Å²) in [4.78, 5) is 8.55. The molecule has 184 valence electrons. The predicted molar refractivity (Wildman–Crippen MR) is 132 cm³/mol. The molecule has 0 aliphatic heterocycles. The number of nitrogens with two attached hydrogens (primary N) is 1. The molecule has 0 aliphatic carbocycles. The van der Waals surface area contributed by atoms with Crippen LogP contribution >= 0.6 is 23.4 Å². The minimum absolute atomic E-state index is 0.0720. The molecule has 0 fully saturated rings. The van der Waals surface area contributed by atoms with E-state index in [0.717, 1.165) is 16.8 Å². The normalized spacial score (nSPS) is 11.7. The molecule has 0 saturated heterocycles. The molecule has 0 saturated carbocycles. The van der Waals surface area contributed by atoms with E-state index in [-0.39, 0.29) is 16.3 Å². The summed E-state index contributed by atoms with van der Waals surface area (Å²) >= 11 is 7.80. The van der Waals surface area contributed by atoms with E-state index < -0.39 is 24.5 Å². The van der Waals surface area contributed by atoms with Gasteiger partial charge in [-0.2, -0.15) is 5.26 Å². The van der Waals surface area contributed by atoms with Gasteiger partial charge < -0.3 is 15.2 Å². The smallest absolute Gasteiger partial charge is 0.293 e. The Labute approximate surface area is 212 Å². The van der Waals surface area contributed by atoms with Gasteiger partial charge in [-0.3, -0.25) is 0 Å². The van der Waals surface area contributed by atoms with Gasteiger partial charge in [0.1, 0.15) is 18.4 Å². The Morgan fingerprint density at radius 1 is 1.11 bits per heavy atom. The van der Waals surface area contributed by atoms with E-state index in [4.69, 9.17) is 26.8 Å². The number of halogens is 3. The minimum atomic E-state index is -3.22. The molecule has 0 spiro atoms. The zero-order valence-electron chi connectivity index (χ0n) is 19.5. The Hall–Kier alpha value is -2.93. The van der Waals surface area contributed by atoms with Gasteiger partial charge in [0.25, 0.3) is 5.92 Å². The Bertz CT molecular complexity index is 1220. The largest absolute Gasteiger partial charge is 0.487 e. The van der Waals surface area contributed by atoms with Crippen molar-refractivity contribution in [1.82, 2.24) is 9.97 Å². The van der Waals surface area contributed by atoms with E-state index in [1.807, 2.05) is 50.4 Å². The number of hydrogen-bond acceptors (Lipinski definition) is 7. The fourth-order valence-corrected chi connectivity index (χ4v) is 3.92. The highest BCUT2D eigenvalue weighted by Crippen LogP contribution is 2.39. The van der Waals surface area contributed by atoms with Crippen LogP contribution < -0.4 is 15.2 Å². The van der Waals surface area contributed by atoms with Gasteiger partial charge in [-0.05, 0) is 47.7 Å². The van der Waals surface area contributed by atoms with Crippen LogP contribution in [-0.4, -0.2) is 35.3 Å². The van der Waals surface area contributed by atoms with Crippen LogP contribution in [0, 0.1) is 11.3 Å².